The van der Waals surface area contributed by atoms with Gasteiger partial charge in [0.1, 0.15) is 37.1 Å². The number of aliphatic carboxylic acids is 1. The van der Waals surface area contributed by atoms with Gasteiger partial charge in [0, 0.05) is 25.2 Å². The summed E-state index contributed by atoms with van der Waals surface area (Å²) in [4.78, 5) is 41.7. The van der Waals surface area contributed by atoms with E-state index in [0.29, 0.717) is 12.8 Å². The fourth-order valence-electron chi connectivity index (χ4n) is 5.68. The van der Waals surface area contributed by atoms with Crippen LogP contribution >= 0.6 is 0 Å². The number of aliphatic hydroxyl groups is 1. The Balaban J connectivity index is 1.75. The van der Waals surface area contributed by atoms with Gasteiger partial charge in [-0.05, 0) is 42.6 Å². The van der Waals surface area contributed by atoms with Gasteiger partial charge in [0.2, 0.25) is 0 Å². The number of carboxylic acids is 1. The highest BCUT2D eigenvalue weighted by Crippen LogP contribution is 2.35. The van der Waals surface area contributed by atoms with E-state index in [2.05, 4.69) is 10.0 Å². The lowest BCUT2D eigenvalue weighted by Crippen LogP contribution is -2.66. The summed E-state index contributed by atoms with van der Waals surface area (Å²) < 4.78 is 47.7. The molecule has 0 bridgehead atoms. The molecule has 2 fully saturated rings. The maximum atomic E-state index is 13.4. The summed E-state index contributed by atoms with van der Waals surface area (Å²) >= 11 is 0. The maximum Gasteiger partial charge on any atom is 0.338 e. The van der Waals surface area contributed by atoms with Crippen LogP contribution in [0.1, 0.15) is 60.2 Å². The van der Waals surface area contributed by atoms with Crippen LogP contribution in [0.2, 0.25) is 0 Å². The molecule has 10 atom stereocenters. The minimum atomic E-state index is -1.87. The lowest BCUT2D eigenvalue weighted by molar-refractivity contribution is -0.345. The van der Waals surface area contributed by atoms with Crippen LogP contribution in [0.15, 0.2) is 65.8 Å². The molecule has 2 N–H and O–H groups in total. The second-order valence-electron chi connectivity index (χ2n) is 11.9. The minimum Gasteiger partial charge on any atom is -0.479 e. The number of ether oxygens (including phenoxy) is 8. The van der Waals surface area contributed by atoms with Crippen molar-refractivity contribution in [1.82, 2.24) is 0 Å². The van der Waals surface area contributed by atoms with Crippen LogP contribution in [-0.4, -0.2) is 116 Å². The molecule has 0 saturated carbocycles. The predicted octanol–water partition coefficient (Wildman–Crippen LogP) is 4.05. The van der Waals surface area contributed by atoms with Gasteiger partial charge in [-0.2, -0.15) is 0 Å². The number of carbonyl (C=O) groups excluding carboxylic acids is 2. The first-order valence-electron chi connectivity index (χ1n) is 16.9. The monoisotopic (exact) mass is 715 g/mol. The number of carbonyl (C=O) groups is 3. The zero-order chi connectivity index (χ0) is 36.8. The van der Waals surface area contributed by atoms with Crippen LogP contribution in [0.5, 0.6) is 0 Å². The van der Waals surface area contributed by atoms with Crippen molar-refractivity contribution in [3.63, 3.8) is 0 Å². The molecule has 2 aliphatic rings. The average Bonchev–Trinajstić information content (AvgIpc) is 3.14. The fraction of sp³-hybridized carbons (Fsp3) is 0.571. The molecule has 16 nitrogen and oxygen atoms in total. The highest BCUT2D eigenvalue weighted by Gasteiger charge is 2.55. The summed E-state index contributed by atoms with van der Waals surface area (Å²) in [6.45, 7) is 3.73. The van der Waals surface area contributed by atoms with Gasteiger partial charge < -0.3 is 48.1 Å². The van der Waals surface area contributed by atoms with E-state index in [4.69, 9.17) is 37.9 Å². The van der Waals surface area contributed by atoms with Gasteiger partial charge in [-0.3, -0.25) is 0 Å². The zero-order valence-corrected chi connectivity index (χ0v) is 28.7. The van der Waals surface area contributed by atoms with E-state index in [-0.39, 0.29) is 24.3 Å². The molecule has 2 aliphatic heterocycles. The zero-order valence-electron chi connectivity index (χ0n) is 28.7. The number of benzene rings is 2. The molecule has 51 heavy (non-hydrogen) atoms. The number of hydrogen-bond donors (Lipinski definition) is 2. The first kappa shape index (κ1) is 39.7. The van der Waals surface area contributed by atoms with Gasteiger partial charge in [0.05, 0.1) is 17.2 Å². The summed E-state index contributed by atoms with van der Waals surface area (Å²) in [5.74, 6) is -3.02. The molecule has 0 aromatic heterocycles. The number of hydrogen-bond acceptors (Lipinski definition) is 13. The molecule has 2 heterocycles. The molecule has 278 valence electrons. The Morgan fingerprint density at radius 2 is 1.41 bits per heavy atom. The molecule has 2 aromatic carbocycles. The molecule has 2 aromatic rings. The molecule has 0 spiro atoms. The summed E-state index contributed by atoms with van der Waals surface area (Å²) in [5.41, 5.74) is 9.93. The van der Waals surface area contributed by atoms with E-state index in [1.54, 1.807) is 48.5 Å². The highest BCUT2D eigenvalue weighted by molar-refractivity contribution is 5.89. The highest BCUT2D eigenvalue weighted by atomic mass is 16.8. The number of esters is 2. The Labute approximate surface area is 295 Å². The number of unbranched alkanes of at least 4 members (excludes halogenated alkanes) is 2. The van der Waals surface area contributed by atoms with Gasteiger partial charge >= 0.3 is 17.9 Å². The van der Waals surface area contributed by atoms with Gasteiger partial charge in [-0.15, -0.1) is 0 Å². The first-order chi connectivity index (χ1) is 24.7. The normalized spacial score (nSPS) is 29.0. The van der Waals surface area contributed by atoms with E-state index in [0.717, 1.165) is 12.8 Å². The third-order valence-corrected chi connectivity index (χ3v) is 8.34. The SMILES string of the molecule is CCCCO[C@H]1[C@H](O)C(C(=O)O)OC(O[C@@H]2C(COC(=O)c3ccccc3)O[C@H](OC)C(N=[N+]=[N-])[C@H]2OCCCC)[C@H]1OC(=O)c1ccccc1. The second-order valence-corrected chi connectivity index (χ2v) is 11.9. The number of aliphatic hydroxyl groups excluding tert-OH is 1. The molecule has 0 amide bonds. The second kappa shape index (κ2) is 20.1. The van der Waals surface area contributed by atoms with Crippen LogP contribution in [0, 0.1) is 0 Å². The van der Waals surface area contributed by atoms with Crippen molar-refractivity contribution >= 4 is 17.9 Å². The quantitative estimate of drug-likeness (QED) is 0.0734. The smallest absolute Gasteiger partial charge is 0.338 e. The molecule has 4 unspecified atom stereocenters. The van der Waals surface area contributed by atoms with E-state index in [1.807, 2.05) is 13.8 Å². The Bertz CT molecular complexity index is 1440. The number of azide groups is 1. The lowest BCUT2D eigenvalue weighted by atomic mass is 9.95. The molecule has 0 radical (unpaired) electrons. The van der Waals surface area contributed by atoms with E-state index >= 15 is 0 Å². The van der Waals surface area contributed by atoms with E-state index in [1.165, 1.54) is 19.2 Å². The van der Waals surface area contributed by atoms with Crippen LogP contribution in [-0.2, 0) is 42.7 Å². The number of carboxylic acid groups (broad SMARTS) is 1. The molecular weight excluding hydrogens is 670 g/mol. The minimum absolute atomic E-state index is 0.0957. The third-order valence-electron chi connectivity index (χ3n) is 8.34. The van der Waals surface area contributed by atoms with Crippen molar-refractivity contribution in [2.45, 2.75) is 101 Å². The Hall–Kier alpha value is -4.12. The topological polar surface area (TPSA) is 214 Å². The molecule has 2 saturated heterocycles. The van der Waals surface area contributed by atoms with E-state index in [9.17, 15) is 30.1 Å². The van der Waals surface area contributed by atoms with Crippen molar-refractivity contribution in [2.75, 3.05) is 26.9 Å². The van der Waals surface area contributed by atoms with Crippen LogP contribution in [0.4, 0.5) is 0 Å². The van der Waals surface area contributed by atoms with Crippen molar-refractivity contribution in [3.05, 3.63) is 82.2 Å². The van der Waals surface area contributed by atoms with Gasteiger partial charge in [-0.25, -0.2) is 14.4 Å². The van der Waals surface area contributed by atoms with Crippen LogP contribution in [0.25, 0.3) is 10.4 Å². The van der Waals surface area contributed by atoms with Crippen LogP contribution in [0.3, 0.4) is 0 Å². The maximum absolute atomic E-state index is 13.4. The Morgan fingerprint density at radius 3 is 1.96 bits per heavy atom. The standard InChI is InChI=1S/C35H45N3O13/c1-4-6-18-45-27-24(37-38-36)34(44-3)48-23(20-47-32(42)21-14-10-8-11-15-21)26(27)50-35-30(49-33(43)22-16-12-9-13-17-22)28(46-19-7-5-2)25(39)29(51-35)31(40)41/h8-17,23-30,34-35,39H,4-7,18-20H2,1-3H3,(H,40,41)/t23?,24?,25-,26+,27+,28-,29?,30-,34-,35?/m0/s1. The van der Waals surface area contributed by atoms with Gasteiger partial charge in [0.15, 0.2) is 24.8 Å². The number of methoxy groups -OCH3 is 1. The summed E-state index contributed by atoms with van der Waals surface area (Å²) in [5, 5.41) is 25.1. The van der Waals surface area contributed by atoms with Crippen molar-refractivity contribution in [1.29, 1.82) is 0 Å². The Morgan fingerprint density at radius 1 is 0.824 bits per heavy atom. The van der Waals surface area contributed by atoms with Crippen molar-refractivity contribution < 1.29 is 62.5 Å². The molecular formula is C35H45N3O13. The van der Waals surface area contributed by atoms with Crippen molar-refractivity contribution in [2.24, 2.45) is 5.11 Å². The molecule has 0 aliphatic carbocycles. The first-order valence-corrected chi connectivity index (χ1v) is 16.9. The average molecular weight is 716 g/mol. The molecule has 4 rings (SSSR count). The third kappa shape index (κ3) is 10.5. The Kier molecular flexibility index (Phi) is 15.6. The number of rotatable bonds is 18. The summed E-state index contributed by atoms with van der Waals surface area (Å²) in [6.07, 6.45) is -10.5. The van der Waals surface area contributed by atoms with Gasteiger partial charge in [0.25, 0.3) is 0 Å². The summed E-state index contributed by atoms with van der Waals surface area (Å²) in [7, 11) is 1.34. The summed E-state index contributed by atoms with van der Waals surface area (Å²) in [6, 6.07) is 15.1. The fourth-order valence-corrected chi connectivity index (χ4v) is 5.68. The van der Waals surface area contributed by atoms with E-state index < -0.39 is 85.9 Å². The largest absolute Gasteiger partial charge is 0.479 e. The molecule has 16 heteroatoms. The predicted molar refractivity (Wildman–Crippen MR) is 177 cm³/mol. The van der Waals surface area contributed by atoms with Gasteiger partial charge in [-0.1, -0.05) is 68.2 Å². The van der Waals surface area contributed by atoms with Crippen molar-refractivity contribution in [3.8, 4) is 0 Å². The number of nitrogens with zero attached hydrogens (tertiary/aromatic N) is 3. The lowest BCUT2D eigenvalue weighted by Gasteiger charge is -2.48. The van der Waals surface area contributed by atoms with Crippen LogP contribution < -0.4 is 0 Å².